The summed E-state index contributed by atoms with van der Waals surface area (Å²) in [6.07, 6.45) is 0.821. The van der Waals surface area contributed by atoms with Crippen molar-refractivity contribution in [2.45, 2.75) is 20.3 Å². The van der Waals surface area contributed by atoms with E-state index in [0.29, 0.717) is 0 Å². The molecule has 0 atom stereocenters. The summed E-state index contributed by atoms with van der Waals surface area (Å²) in [5, 5.41) is 0. The van der Waals surface area contributed by atoms with Gasteiger partial charge < -0.3 is 9.97 Å². The Balaban J connectivity index is 2.53. The maximum Gasteiger partial charge on any atom is 0.323 e. The molecule has 2 N–H and O–H groups in total. The number of benzene rings is 1. The lowest BCUT2D eigenvalue weighted by Gasteiger charge is -2.01. The zero-order valence-electron chi connectivity index (χ0n) is 8.92. The van der Waals surface area contributed by atoms with Crippen LogP contribution in [0.2, 0.25) is 0 Å². The Hall–Kier alpha value is -1.77. The lowest BCUT2D eigenvalue weighted by Crippen LogP contribution is -2.00. The fourth-order valence-electron chi connectivity index (χ4n) is 1.65. The number of nitrogens with one attached hydrogen (secondary N) is 2. The molecule has 0 spiro atoms. The highest BCUT2D eigenvalue weighted by molar-refractivity contribution is 5.61. The van der Waals surface area contributed by atoms with Gasteiger partial charge in [-0.15, -0.1) is 0 Å². The maximum absolute atomic E-state index is 11.2. The number of aryl methyl sites for hydroxylation is 2. The van der Waals surface area contributed by atoms with Crippen LogP contribution in [0.1, 0.15) is 18.2 Å². The molecule has 1 aromatic heterocycles. The first-order chi connectivity index (χ1) is 7.20. The quantitative estimate of drug-likeness (QED) is 0.770. The van der Waals surface area contributed by atoms with Gasteiger partial charge in [0.1, 0.15) is 0 Å². The van der Waals surface area contributed by atoms with E-state index in [9.17, 15) is 4.79 Å². The molecule has 78 valence electrons. The van der Waals surface area contributed by atoms with Crippen LogP contribution in [0, 0.1) is 6.92 Å². The van der Waals surface area contributed by atoms with Crippen molar-refractivity contribution in [1.82, 2.24) is 9.97 Å². The lowest BCUT2D eigenvalue weighted by atomic mass is 10.1. The van der Waals surface area contributed by atoms with Crippen LogP contribution in [0.3, 0.4) is 0 Å². The van der Waals surface area contributed by atoms with Gasteiger partial charge in [-0.2, -0.15) is 0 Å². The third-order valence-electron chi connectivity index (χ3n) is 2.50. The molecule has 0 saturated carbocycles. The Morgan fingerprint density at radius 3 is 2.40 bits per heavy atom. The van der Waals surface area contributed by atoms with E-state index in [-0.39, 0.29) is 5.69 Å². The third kappa shape index (κ3) is 1.86. The van der Waals surface area contributed by atoms with Crippen LogP contribution >= 0.6 is 0 Å². The molecule has 2 aromatic rings. The van der Waals surface area contributed by atoms with E-state index in [1.807, 2.05) is 38.1 Å². The Kier molecular flexibility index (Phi) is 2.46. The molecule has 15 heavy (non-hydrogen) atoms. The van der Waals surface area contributed by atoms with Gasteiger partial charge in [0.15, 0.2) is 0 Å². The smallest absolute Gasteiger partial charge is 0.309 e. The maximum atomic E-state index is 11.2. The Labute approximate surface area is 88.2 Å². The Morgan fingerprint density at radius 1 is 1.13 bits per heavy atom. The van der Waals surface area contributed by atoms with Crippen LogP contribution in [-0.4, -0.2) is 9.97 Å². The minimum absolute atomic E-state index is 0.137. The van der Waals surface area contributed by atoms with E-state index in [4.69, 9.17) is 0 Å². The average molecular weight is 202 g/mol. The highest BCUT2D eigenvalue weighted by Gasteiger charge is 2.06. The van der Waals surface area contributed by atoms with E-state index < -0.39 is 0 Å². The van der Waals surface area contributed by atoms with Crippen LogP contribution in [0.4, 0.5) is 0 Å². The van der Waals surface area contributed by atoms with Gasteiger partial charge in [-0.25, -0.2) is 4.79 Å². The molecule has 0 fully saturated rings. The van der Waals surface area contributed by atoms with E-state index in [1.165, 1.54) is 5.56 Å². The molecule has 3 heteroatoms. The molecular weight excluding hydrogens is 188 g/mol. The average Bonchev–Trinajstić information content (AvgIpc) is 2.61. The second kappa shape index (κ2) is 3.77. The minimum atomic E-state index is -0.137. The summed E-state index contributed by atoms with van der Waals surface area (Å²) in [5.74, 6) is 0. The SMILES string of the molecule is CCc1[nH]c(=O)[nH]c1-c1ccc(C)cc1. The van der Waals surface area contributed by atoms with Gasteiger partial charge in [0.25, 0.3) is 0 Å². The molecule has 3 nitrogen and oxygen atoms in total. The van der Waals surface area contributed by atoms with Gasteiger partial charge in [0, 0.05) is 5.69 Å². The summed E-state index contributed by atoms with van der Waals surface area (Å²) in [7, 11) is 0. The Bertz CT molecular complexity index is 505. The fraction of sp³-hybridized carbons (Fsp3) is 0.250. The fourth-order valence-corrected chi connectivity index (χ4v) is 1.65. The third-order valence-corrected chi connectivity index (χ3v) is 2.50. The second-order valence-electron chi connectivity index (χ2n) is 3.65. The van der Waals surface area contributed by atoms with Crippen molar-refractivity contribution >= 4 is 0 Å². The highest BCUT2D eigenvalue weighted by Crippen LogP contribution is 2.19. The van der Waals surface area contributed by atoms with E-state index in [0.717, 1.165) is 23.4 Å². The zero-order chi connectivity index (χ0) is 10.8. The summed E-state index contributed by atoms with van der Waals surface area (Å²) in [4.78, 5) is 16.8. The first-order valence-corrected chi connectivity index (χ1v) is 5.09. The molecule has 0 saturated heterocycles. The molecule has 0 amide bonds. The van der Waals surface area contributed by atoms with Crippen LogP contribution in [0.15, 0.2) is 29.1 Å². The standard InChI is InChI=1S/C12H14N2O/c1-3-10-11(14-12(15)13-10)9-6-4-8(2)5-7-9/h4-7H,3H2,1-2H3,(H2,13,14,15). The van der Waals surface area contributed by atoms with Gasteiger partial charge in [0.2, 0.25) is 0 Å². The number of hydrogen-bond donors (Lipinski definition) is 2. The summed E-state index contributed by atoms with van der Waals surface area (Å²) in [6, 6.07) is 8.13. The van der Waals surface area contributed by atoms with E-state index in [1.54, 1.807) is 0 Å². The zero-order valence-corrected chi connectivity index (χ0v) is 8.92. The molecule has 0 aliphatic rings. The topological polar surface area (TPSA) is 48.6 Å². The number of aromatic nitrogens is 2. The first kappa shape index (κ1) is 9.77. The van der Waals surface area contributed by atoms with Crippen molar-refractivity contribution in [3.63, 3.8) is 0 Å². The molecule has 0 bridgehead atoms. The van der Waals surface area contributed by atoms with Crippen LogP contribution in [0.25, 0.3) is 11.3 Å². The minimum Gasteiger partial charge on any atom is -0.309 e. The summed E-state index contributed by atoms with van der Waals surface area (Å²) in [5.41, 5.74) is 4.00. The van der Waals surface area contributed by atoms with Crippen molar-refractivity contribution in [1.29, 1.82) is 0 Å². The molecular formula is C12H14N2O. The largest absolute Gasteiger partial charge is 0.323 e. The predicted octanol–water partition coefficient (Wildman–Crippen LogP) is 2.24. The van der Waals surface area contributed by atoms with Crippen LogP contribution < -0.4 is 5.69 Å². The molecule has 1 aromatic carbocycles. The first-order valence-electron chi connectivity index (χ1n) is 5.09. The highest BCUT2D eigenvalue weighted by atomic mass is 16.1. The Morgan fingerprint density at radius 2 is 1.80 bits per heavy atom. The molecule has 0 unspecified atom stereocenters. The van der Waals surface area contributed by atoms with Crippen molar-refractivity contribution < 1.29 is 0 Å². The molecule has 2 rings (SSSR count). The number of aromatic amines is 2. The van der Waals surface area contributed by atoms with E-state index >= 15 is 0 Å². The second-order valence-corrected chi connectivity index (χ2v) is 3.65. The van der Waals surface area contributed by atoms with Crippen molar-refractivity contribution in [3.05, 3.63) is 46.0 Å². The van der Waals surface area contributed by atoms with E-state index in [2.05, 4.69) is 9.97 Å². The lowest BCUT2D eigenvalue weighted by molar-refractivity contribution is 1.05. The predicted molar refractivity (Wildman–Crippen MR) is 61.0 cm³/mol. The molecule has 0 aliphatic heterocycles. The van der Waals surface area contributed by atoms with Crippen molar-refractivity contribution in [3.8, 4) is 11.3 Å². The van der Waals surface area contributed by atoms with Gasteiger partial charge >= 0.3 is 5.69 Å². The number of rotatable bonds is 2. The van der Waals surface area contributed by atoms with Crippen LogP contribution in [-0.2, 0) is 6.42 Å². The molecule has 0 radical (unpaired) electrons. The normalized spacial score (nSPS) is 10.5. The number of H-pyrrole nitrogens is 2. The van der Waals surface area contributed by atoms with Gasteiger partial charge in [-0.05, 0) is 18.9 Å². The van der Waals surface area contributed by atoms with Crippen molar-refractivity contribution in [2.75, 3.05) is 0 Å². The van der Waals surface area contributed by atoms with Crippen molar-refractivity contribution in [2.24, 2.45) is 0 Å². The summed E-state index contributed by atoms with van der Waals surface area (Å²) in [6.45, 7) is 4.07. The summed E-state index contributed by atoms with van der Waals surface area (Å²) >= 11 is 0. The summed E-state index contributed by atoms with van der Waals surface area (Å²) < 4.78 is 0. The van der Waals surface area contributed by atoms with Gasteiger partial charge in [0.05, 0.1) is 5.69 Å². The number of hydrogen-bond acceptors (Lipinski definition) is 1. The monoisotopic (exact) mass is 202 g/mol. The molecule has 1 heterocycles. The molecule has 0 aliphatic carbocycles. The van der Waals surface area contributed by atoms with Gasteiger partial charge in [-0.1, -0.05) is 36.8 Å². The van der Waals surface area contributed by atoms with Crippen LogP contribution in [0.5, 0.6) is 0 Å². The number of imidazole rings is 1. The van der Waals surface area contributed by atoms with Gasteiger partial charge in [-0.3, -0.25) is 0 Å².